The molecule has 0 bridgehead atoms. The molecule has 0 aliphatic heterocycles. The smallest absolute Gasteiger partial charge is 0.0582 e. The van der Waals surface area contributed by atoms with Gasteiger partial charge in [-0.15, -0.1) is 11.8 Å². The third-order valence-corrected chi connectivity index (χ3v) is 5.56. The summed E-state index contributed by atoms with van der Waals surface area (Å²) in [6.07, 6.45) is 6.67. The quantitative estimate of drug-likeness (QED) is 0.782. The van der Waals surface area contributed by atoms with E-state index < -0.39 is 0 Å². The van der Waals surface area contributed by atoms with Crippen molar-refractivity contribution in [3.05, 3.63) is 29.8 Å². The minimum absolute atomic E-state index is 0.434. The molecule has 1 aliphatic carbocycles. The van der Waals surface area contributed by atoms with Crippen molar-refractivity contribution in [3.63, 3.8) is 0 Å². The predicted molar refractivity (Wildman–Crippen MR) is 92.1 cm³/mol. The van der Waals surface area contributed by atoms with Crippen LogP contribution < -0.4 is 5.32 Å². The van der Waals surface area contributed by atoms with Gasteiger partial charge in [-0.05, 0) is 63.3 Å². The summed E-state index contributed by atoms with van der Waals surface area (Å²) in [4.78, 5) is 1.40. The van der Waals surface area contributed by atoms with Crippen molar-refractivity contribution >= 4 is 11.8 Å². The van der Waals surface area contributed by atoms with E-state index in [4.69, 9.17) is 4.74 Å². The molecule has 1 saturated carbocycles. The van der Waals surface area contributed by atoms with E-state index >= 15 is 0 Å². The van der Waals surface area contributed by atoms with Gasteiger partial charge in [0.2, 0.25) is 0 Å². The minimum Gasteiger partial charge on any atom is -0.381 e. The molecule has 1 aromatic carbocycles. The van der Waals surface area contributed by atoms with Crippen LogP contribution in [0, 0.1) is 0 Å². The van der Waals surface area contributed by atoms with Crippen LogP contribution in [0.2, 0.25) is 0 Å². The summed E-state index contributed by atoms with van der Waals surface area (Å²) in [5, 5.41) is 4.27. The standard InChI is InChI=1S/C18H29NOS/c1-4-11-19-14(2)15-7-5-9-17(12-15)21-18-10-6-8-16(13-18)20-3/h5,7,9,12,14,16,18-19H,4,6,8,10-11,13H2,1-3H3. The van der Waals surface area contributed by atoms with E-state index in [9.17, 15) is 0 Å². The fraction of sp³-hybridized carbons (Fsp3) is 0.667. The molecule has 1 aliphatic rings. The van der Waals surface area contributed by atoms with Crippen LogP contribution in [0.5, 0.6) is 0 Å². The summed E-state index contributed by atoms with van der Waals surface area (Å²) in [6, 6.07) is 9.46. The lowest BCUT2D eigenvalue weighted by atomic mass is 9.97. The van der Waals surface area contributed by atoms with Crippen molar-refractivity contribution in [3.8, 4) is 0 Å². The summed E-state index contributed by atoms with van der Waals surface area (Å²) in [5.41, 5.74) is 1.40. The van der Waals surface area contributed by atoms with Gasteiger partial charge in [-0.2, -0.15) is 0 Å². The zero-order valence-electron chi connectivity index (χ0n) is 13.6. The maximum Gasteiger partial charge on any atom is 0.0582 e. The minimum atomic E-state index is 0.434. The van der Waals surface area contributed by atoms with E-state index in [1.807, 2.05) is 18.9 Å². The number of thioether (sulfide) groups is 1. The number of ether oxygens (including phenoxy) is 1. The van der Waals surface area contributed by atoms with Gasteiger partial charge in [0.25, 0.3) is 0 Å². The van der Waals surface area contributed by atoms with Crippen LogP contribution in [-0.4, -0.2) is 25.0 Å². The van der Waals surface area contributed by atoms with E-state index in [0.29, 0.717) is 17.4 Å². The van der Waals surface area contributed by atoms with Crippen molar-refractivity contribution in [2.24, 2.45) is 0 Å². The normalized spacial score (nSPS) is 24.0. The van der Waals surface area contributed by atoms with Crippen LogP contribution in [0.3, 0.4) is 0 Å². The molecule has 2 nitrogen and oxygen atoms in total. The van der Waals surface area contributed by atoms with Gasteiger partial charge in [0, 0.05) is 23.3 Å². The molecule has 0 amide bonds. The zero-order chi connectivity index (χ0) is 15.1. The molecular weight excluding hydrogens is 278 g/mol. The number of rotatable bonds is 7. The van der Waals surface area contributed by atoms with Crippen molar-refractivity contribution < 1.29 is 4.74 Å². The van der Waals surface area contributed by atoms with Gasteiger partial charge < -0.3 is 10.1 Å². The Morgan fingerprint density at radius 1 is 1.38 bits per heavy atom. The van der Waals surface area contributed by atoms with E-state index in [-0.39, 0.29) is 0 Å². The van der Waals surface area contributed by atoms with E-state index in [1.165, 1.54) is 42.6 Å². The number of methoxy groups -OCH3 is 1. The first-order chi connectivity index (χ1) is 10.2. The monoisotopic (exact) mass is 307 g/mol. The molecule has 1 aromatic rings. The fourth-order valence-corrected chi connectivity index (χ4v) is 4.29. The van der Waals surface area contributed by atoms with Gasteiger partial charge in [-0.3, -0.25) is 0 Å². The second-order valence-corrected chi connectivity index (χ2v) is 7.39. The van der Waals surface area contributed by atoms with Crippen LogP contribution in [0.4, 0.5) is 0 Å². The molecule has 3 atom stereocenters. The van der Waals surface area contributed by atoms with Crippen molar-refractivity contribution in [2.75, 3.05) is 13.7 Å². The van der Waals surface area contributed by atoms with Gasteiger partial charge >= 0.3 is 0 Å². The largest absolute Gasteiger partial charge is 0.381 e. The predicted octanol–water partition coefficient (Wildman–Crippen LogP) is 4.80. The van der Waals surface area contributed by atoms with Crippen molar-refractivity contribution in [2.45, 2.75) is 68.2 Å². The van der Waals surface area contributed by atoms with Crippen LogP contribution in [-0.2, 0) is 4.74 Å². The lowest BCUT2D eigenvalue weighted by Gasteiger charge is -2.28. The maximum atomic E-state index is 5.54. The summed E-state index contributed by atoms with van der Waals surface area (Å²) in [5.74, 6) is 0. The molecule has 3 unspecified atom stereocenters. The topological polar surface area (TPSA) is 21.3 Å². The average Bonchev–Trinajstić information content (AvgIpc) is 2.53. The Morgan fingerprint density at radius 3 is 3.00 bits per heavy atom. The maximum absolute atomic E-state index is 5.54. The molecule has 3 heteroatoms. The second-order valence-electron chi connectivity index (χ2n) is 6.01. The highest BCUT2D eigenvalue weighted by atomic mass is 32.2. The molecule has 0 heterocycles. The first kappa shape index (κ1) is 16.9. The third kappa shape index (κ3) is 5.32. The summed E-state index contributed by atoms with van der Waals surface area (Å²) in [6.45, 7) is 5.54. The van der Waals surface area contributed by atoms with Crippen LogP contribution in [0.25, 0.3) is 0 Å². The molecule has 1 N–H and O–H groups in total. The van der Waals surface area contributed by atoms with Crippen molar-refractivity contribution in [1.82, 2.24) is 5.32 Å². The molecule has 118 valence electrons. The fourth-order valence-electron chi connectivity index (χ4n) is 2.95. The van der Waals surface area contributed by atoms with Crippen molar-refractivity contribution in [1.29, 1.82) is 0 Å². The van der Waals surface area contributed by atoms with Gasteiger partial charge in [-0.1, -0.05) is 19.1 Å². The summed E-state index contributed by atoms with van der Waals surface area (Å²) < 4.78 is 5.54. The first-order valence-electron chi connectivity index (χ1n) is 8.25. The Hall–Kier alpha value is -0.510. The summed E-state index contributed by atoms with van der Waals surface area (Å²) in [7, 11) is 1.85. The Kier molecular flexibility index (Phi) is 7.08. The molecule has 0 spiro atoms. The zero-order valence-corrected chi connectivity index (χ0v) is 14.4. The Morgan fingerprint density at radius 2 is 2.24 bits per heavy atom. The second kappa shape index (κ2) is 8.82. The average molecular weight is 308 g/mol. The van der Waals surface area contributed by atoms with Gasteiger partial charge in [0.1, 0.15) is 0 Å². The Bertz CT molecular complexity index is 423. The highest BCUT2D eigenvalue weighted by Crippen LogP contribution is 2.35. The van der Waals surface area contributed by atoms with Crippen LogP contribution in [0.15, 0.2) is 29.2 Å². The highest BCUT2D eigenvalue weighted by molar-refractivity contribution is 8.00. The number of nitrogens with one attached hydrogen (secondary N) is 1. The molecular formula is C18H29NOS. The lowest BCUT2D eigenvalue weighted by Crippen LogP contribution is -2.23. The molecule has 0 radical (unpaired) electrons. The summed E-state index contributed by atoms with van der Waals surface area (Å²) >= 11 is 2.03. The lowest BCUT2D eigenvalue weighted by molar-refractivity contribution is 0.0730. The Balaban J connectivity index is 1.94. The molecule has 2 rings (SSSR count). The van der Waals surface area contributed by atoms with E-state index in [0.717, 1.165) is 6.54 Å². The van der Waals surface area contributed by atoms with Gasteiger partial charge in [-0.25, -0.2) is 0 Å². The van der Waals surface area contributed by atoms with Gasteiger partial charge in [0.15, 0.2) is 0 Å². The number of benzene rings is 1. The third-order valence-electron chi connectivity index (χ3n) is 4.27. The molecule has 21 heavy (non-hydrogen) atoms. The number of hydrogen-bond donors (Lipinski definition) is 1. The van der Waals surface area contributed by atoms with E-state index in [2.05, 4.69) is 43.4 Å². The van der Waals surface area contributed by atoms with Crippen LogP contribution in [0.1, 0.15) is 57.6 Å². The van der Waals surface area contributed by atoms with Gasteiger partial charge in [0.05, 0.1) is 6.10 Å². The SMILES string of the molecule is CCCNC(C)c1cccc(SC2CCCC(OC)C2)c1. The highest BCUT2D eigenvalue weighted by Gasteiger charge is 2.22. The number of hydrogen-bond acceptors (Lipinski definition) is 3. The first-order valence-corrected chi connectivity index (χ1v) is 9.13. The molecule has 0 aromatic heterocycles. The van der Waals surface area contributed by atoms with Crippen LogP contribution >= 0.6 is 11.8 Å². The molecule has 0 saturated heterocycles. The Labute approximate surface area is 134 Å². The van der Waals surface area contributed by atoms with E-state index in [1.54, 1.807) is 0 Å². The molecule has 1 fully saturated rings.